The van der Waals surface area contributed by atoms with Crippen LogP contribution in [0.25, 0.3) is 11.4 Å². The summed E-state index contributed by atoms with van der Waals surface area (Å²) in [5.74, 6) is 2.26. The van der Waals surface area contributed by atoms with E-state index in [2.05, 4.69) is 19.7 Å². The zero-order chi connectivity index (χ0) is 29.0. The Labute approximate surface area is 245 Å². The highest BCUT2D eigenvalue weighted by Crippen LogP contribution is 2.23. The minimum Gasteiger partial charge on any atom is -0.493 e. The monoisotopic (exact) mass is 568 g/mol. The Bertz CT molecular complexity index is 1430. The topological polar surface area (TPSA) is 103 Å². The zero-order valence-electron chi connectivity index (χ0n) is 23.7. The van der Waals surface area contributed by atoms with Crippen LogP contribution in [-0.2, 0) is 11.3 Å². The van der Waals surface area contributed by atoms with Crippen molar-refractivity contribution in [1.29, 1.82) is 0 Å². The normalized spacial score (nSPS) is 14.8. The molecule has 218 valence electrons. The molecule has 2 bridgehead atoms. The Balaban J connectivity index is 1.30. The summed E-state index contributed by atoms with van der Waals surface area (Å²) in [5, 5.41) is 7.69. The number of hydrogen-bond acceptors (Lipinski definition) is 7. The molecule has 0 aliphatic carbocycles. The molecule has 42 heavy (non-hydrogen) atoms. The third-order valence-electron chi connectivity index (χ3n) is 7.17. The third-order valence-corrected chi connectivity index (χ3v) is 7.17. The number of benzene rings is 2. The number of hydrogen-bond donors (Lipinski definition) is 0. The van der Waals surface area contributed by atoms with Gasteiger partial charge in [0.05, 0.1) is 37.5 Å². The highest BCUT2D eigenvalue weighted by Gasteiger charge is 2.18. The quantitative estimate of drug-likeness (QED) is 0.353. The molecule has 10 nitrogen and oxygen atoms in total. The molecule has 0 spiro atoms. The lowest BCUT2D eigenvalue weighted by atomic mass is 10.2. The number of carbonyl (C=O) groups excluding carboxylic acids is 2. The second kappa shape index (κ2) is 14.8. The van der Waals surface area contributed by atoms with Crippen LogP contribution >= 0.6 is 0 Å². The largest absolute Gasteiger partial charge is 0.493 e. The van der Waals surface area contributed by atoms with Gasteiger partial charge in [-0.05, 0) is 49.6 Å². The first-order valence-corrected chi connectivity index (χ1v) is 14.4. The number of amides is 2. The van der Waals surface area contributed by atoms with Gasteiger partial charge in [-0.3, -0.25) is 9.59 Å². The fourth-order valence-corrected chi connectivity index (χ4v) is 4.99. The van der Waals surface area contributed by atoms with Crippen molar-refractivity contribution in [3.63, 3.8) is 0 Å². The van der Waals surface area contributed by atoms with E-state index in [4.69, 9.17) is 9.47 Å². The third kappa shape index (κ3) is 7.93. The fraction of sp³-hybridized carbons (Fsp3) is 0.344. The molecular formula is C32H36N6O4. The maximum Gasteiger partial charge on any atom is 0.255 e. The first-order valence-electron chi connectivity index (χ1n) is 14.4. The molecule has 4 aromatic rings. The van der Waals surface area contributed by atoms with Crippen molar-refractivity contribution in [3.8, 4) is 22.9 Å². The molecule has 0 saturated heterocycles. The summed E-state index contributed by atoms with van der Waals surface area (Å²) in [6.45, 7) is 3.57. The van der Waals surface area contributed by atoms with E-state index in [9.17, 15) is 9.59 Å². The van der Waals surface area contributed by atoms with Gasteiger partial charge < -0.3 is 23.8 Å². The summed E-state index contributed by atoms with van der Waals surface area (Å²) in [6.07, 6.45) is 9.33. The first-order chi connectivity index (χ1) is 20.7. The molecule has 10 heteroatoms. The predicted octanol–water partition coefficient (Wildman–Crippen LogP) is 4.34. The van der Waals surface area contributed by atoms with E-state index in [1.54, 1.807) is 12.3 Å². The zero-order valence-corrected chi connectivity index (χ0v) is 23.7. The lowest BCUT2D eigenvalue weighted by Crippen LogP contribution is -2.37. The van der Waals surface area contributed by atoms with Gasteiger partial charge >= 0.3 is 0 Å². The number of aromatic nitrogens is 4. The van der Waals surface area contributed by atoms with Crippen molar-refractivity contribution < 1.29 is 19.1 Å². The number of para-hydroxylation sites is 1. The lowest BCUT2D eigenvalue weighted by Gasteiger charge is -2.25. The standard InChI is InChI=1S/C32H36N6O4/c39-30(13-22-41-28-9-2-1-3-10-28)36-16-4-5-17-38(32(40)27-12-14-34-35-25-27)19-7-18-37-20-15-33-31(37)26-8-6-11-29(24-26)42-23-21-36/h1-3,6,8-12,14-15,20,24-25H,4-5,7,13,16-19,21-23H2. The van der Waals surface area contributed by atoms with Gasteiger partial charge in [0.15, 0.2) is 0 Å². The maximum absolute atomic E-state index is 13.4. The van der Waals surface area contributed by atoms with Gasteiger partial charge in [-0.15, -0.1) is 0 Å². The summed E-state index contributed by atoms with van der Waals surface area (Å²) < 4.78 is 14.0. The van der Waals surface area contributed by atoms with Crippen LogP contribution in [-0.4, -0.2) is 80.8 Å². The van der Waals surface area contributed by atoms with Gasteiger partial charge in [-0.2, -0.15) is 10.2 Å². The van der Waals surface area contributed by atoms with Crippen LogP contribution in [0.4, 0.5) is 0 Å². The van der Waals surface area contributed by atoms with E-state index >= 15 is 0 Å². The second-order valence-electron chi connectivity index (χ2n) is 10.1. The molecule has 1 aliphatic heterocycles. The van der Waals surface area contributed by atoms with Crippen LogP contribution in [0.15, 0.2) is 85.5 Å². The Morgan fingerprint density at radius 1 is 0.833 bits per heavy atom. The molecule has 0 fully saturated rings. The average Bonchev–Trinajstić information content (AvgIpc) is 3.50. The predicted molar refractivity (Wildman–Crippen MR) is 158 cm³/mol. The van der Waals surface area contributed by atoms with E-state index in [1.165, 1.54) is 12.4 Å². The number of rotatable bonds is 5. The molecule has 0 atom stereocenters. The molecule has 0 saturated carbocycles. The Morgan fingerprint density at radius 2 is 1.67 bits per heavy atom. The Kier molecular flexibility index (Phi) is 10.1. The number of imidazole rings is 1. The van der Waals surface area contributed by atoms with E-state index in [-0.39, 0.29) is 18.2 Å². The molecule has 2 aromatic carbocycles. The van der Waals surface area contributed by atoms with Gasteiger partial charge in [-0.25, -0.2) is 4.98 Å². The molecule has 2 amide bonds. The van der Waals surface area contributed by atoms with Crippen LogP contribution < -0.4 is 9.47 Å². The molecular weight excluding hydrogens is 532 g/mol. The van der Waals surface area contributed by atoms with Gasteiger partial charge in [-0.1, -0.05) is 30.3 Å². The highest BCUT2D eigenvalue weighted by molar-refractivity contribution is 5.93. The summed E-state index contributed by atoms with van der Waals surface area (Å²) in [4.78, 5) is 34.9. The molecule has 0 N–H and O–H groups in total. The van der Waals surface area contributed by atoms with Crippen LogP contribution in [0.3, 0.4) is 0 Å². The molecule has 0 unspecified atom stereocenters. The maximum atomic E-state index is 13.4. The van der Waals surface area contributed by atoms with Crippen molar-refractivity contribution in [1.82, 2.24) is 29.5 Å². The molecule has 3 heterocycles. The van der Waals surface area contributed by atoms with Crippen LogP contribution in [0, 0.1) is 0 Å². The lowest BCUT2D eigenvalue weighted by molar-refractivity contribution is -0.132. The summed E-state index contributed by atoms with van der Waals surface area (Å²) in [6, 6.07) is 19.0. The van der Waals surface area contributed by atoms with Crippen molar-refractivity contribution in [2.75, 3.05) is 39.4 Å². The van der Waals surface area contributed by atoms with Crippen LogP contribution in [0.5, 0.6) is 11.5 Å². The number of fused-ring (bicyclic) bond motifs is 4. The molecule has 5 rings (SSSR count). The van der Waals surface area contributed by atoms with E-state index in [1.807, 2.05) is 70.6 Å². The minimum absolute atomic E-state index is 0.0130. The summed E-state index contributed by atoms with van der Waals surface area (Å²) >= 11 is 0. The summed E-state index contributed by atoms with van der Waals surface area (Å²) in [7, 11) is 0. The first kappa shape index (κ1) is 28.8. The molecule has 2 aromatic heterocycles. The number of nitrogens with zero attached hydrogens (tertiary/aromatic N) is 6. The number of ether oxygens (including phenoxy) is 2. The van der Waals surface area contributed by atoms with Crippen LogP contribution in [0.2, 0.25) is 0 Å². The van der Waals surface area contributed by atoms with Gasteiger partial charge in [0.2, 0.25) is 5.91 Å². The number of carbonyl (C=O) groups is 2. The average molecular weight is 569 g/mol. The van der Waals surface area contributed by atoms with E-state index < -0.39 is 0 Å². The van der Waals surface area contributed by atoms with E-state index in [0.717, 1.165) is 42.1 Å². The SMILES string of the molecule is O=C(CCOc1ccccc1)N1CCCCN(C(=O)c2ccnnc2)CCCn2ccnc2-c2cccc(c2)OCC1. The fourth-order valence-electron chi connectivity index (χ4n) is 4.99. The van der Waals surface area contributed by atoms with Gasteiger partial charge in [0.25, 0.3) is 5.91 Å². The van der Waals surface area contributed by atoms with Gasteiger partial charge in [0.1, 0.15) is 23.9 Å². The second-order valence-corrected chi connectivity index (χ2v) is 10.1. The smallest absolute Gasteiger partial charge is 0.255 e. The van der Waals surface area contributed by atoms with Crippen LogP contribution in [0.1, 0.15) is 36.0 Å². The van der Waals surface area contributed by atoms with E-state index in [0.29, 0.717) is 51.5 Å². The minimum atomic E-state index is -0.0687. The summed E-state index contributed by atoms with van der Waals surface area (Å²) in [5.41, 5.74) is 1.46. The van der Waals surface area contributed by atoms with Crippen molar-refractivity contribution in [2.45, 2.75) is 32.2 Å². The van der Waals surface area contributed by atoms with Crippen molar-refractivity contribution >= 4 is 11.8 Å². The molecule has 0 radical (unpaired) electrons. The van der Waals surface area contributed by atoms with Crippen molar-refractivity contribution in [3.05, 3.63) is 91.0 Å². The highest BCUT2D eigenvalue weighted by atomic mass is 16.5. The van der Waals surface area contributed by atoms with Gasteiger partial charge in [0, 0.05) is 44.1 Å². The Morgan fingerprint density at radius 3 is 2.50 bits per heavy atom. The molecule has 1 aliphatic rings. The van der Waals surface area contributed by atoms with Crippen molar-refractivity contribution in [2.24, 2.45) is 0 Å². The Hall–Kier alpha value is -4.73. The number of aryl methyl sites for hydroxylation is 1.